The molecular formula is C10H14N2O. The second kappa shape index (κ2) is 3.19. The number of rotatable bonds is 2. The Kier molecular flexibility index (Phi) is 2.39. The lowest BCUT2D eigenvalue weighted by atomic mass is 9.92. The van der Waals surface area contributed by atoms with E-state index in [1.807, 2.05) is 33.9 Å². The molecule has 1 aromatic rings. The van der Waals surface area contributed by atoms with Gasteiger partial charge in [0.05, 0.1) is 5.54 Å². The van der Waals surface area contributed by atoms with Crippen LogP contribution in [0.5, 0.6) is 0 Å². The van der Waals surface area contributed by atoms with E-state index in [0.29, 0.717) is 0 Å². The first-order chi connectivity index (χ1) is 5.99. The molecule has 0 radical (unpaired) electrons. The number of H-pyrrole nitrogens is 1. The van der Waals surface area contributed by atoms with E-state index >= 15 is 0 Å². The van der Waals surface area contributed by atoms with Crippen molar-refractivity contribution in [3.05, 3.63) is 23.0 Å². The van der Waals surface area contributed by atoms with Crippen molar-refractivity contribution >= 4 is 6.08 Å². The summed E-state index contributed by atoms with van der Waals surface area (Å²) in [6.45, 7) is 7.79. The van der Waals surface area contributed by atoms with Gasteiger partial charge in [-0.1, -0.05) is 0 Å². The van der Waals surface area contributed by atoms with E-state index in [1.54, 1.807) is 6.08 Å². The molecule has 0 aromatic carbocycles. The molecule has 0 saturated carbocycles. The number of carbonyl (C=O) groups excluding carboxylic acids is 1. The average molecular weight is 178 g/mol. The molecule has 3 nitrogen and oxygen atoms in total. The maximum atomic E-state index is 10.2. The molecule has 0 atom stereocenters. The molecule has 0 unspecified atom stereocenters. The van der Waals surface area contributed by atoms with Gasteiger partial charge < -0.3 is 4.98 Å². The molecule has 1 N–H and O–H groups in total. The van der Waals surface area contributed by atoms with Gasteiger partial charge in [-0.25, -0.2) is 4.79 Å². The van der Waals surface area contributed by atoms with E-state index < -0.39 is 5.54 Å². The Labute approximate surface area is 77.9 Å². The van der Waals surface area contributed by atoms with E-state index in [2.05, 4.69) is 9.98 Å². The van der Waals surface area contributed by atoms with Gasteiger partial charge in [-0.2, -0.15) is 4.99 Å². The maximum absolute atomic E-state index is 10.2. The van der Waals surface area contributed by atoms with Crippen molar-refractivity contribution < 1.29 is 4.79 Å². The van der Waals surface area contributed by atoms with Crippen LogP contribution in [0.2, 0.25) is 0 Å². The lowest BCUT2D eigenvalue weighted by molar-refractivity contribution is 0.520. The molecule has 1 heterocycles. The number of aromatic amines is 1. The smallest absolute Gasteiger partial charge is 0.235 e. The van der Waals surface area contributed by atoms with Gasteiger partial charge in [0.2, 0.25) is 6.08 Å². The highest BCUT2D eigenvalue weighted by Gasteiger charge is 2.24. The van der Waals surface area contributed by atoms with Crippen LogP contribution in [0.1, 0.15) is 30.7 Å². The first-order valence-electron chi connectivity index (χ1n) is 4.23. The molecular weight excluding hydrogens is 164 g/mol. The van der Waals surface area contributed by atoms with Crippen molar-refractivity contribution in [2.45, 2.75) is 33.2 Å². The zero-order valence-corrected chi connectivity index (χ0v) is 8.43. The number of aromatic nitrogens is 1. The Balaban J connectivity index is 3.27. The highest BCUT2D eigenvalue weighted by molar-refractivity contribution is 5.41. The lowest BCUT2D eigenvalue weighted by Gasteiger charge is -2.18. The first kappa shape index (κ1) is 9.75. The number of aryl methyl sites for hydroxylation is 2. The second-order valence-electron chi connectivity index (χ2n) is 3.73. The van der Waals surface area contributed by atoms with Gasteiger partial charge in [0, 0.05) is 17.5 Å². The van der Waals surface area contributed by atoms with Crippen molar-refractivity contribution in [2.24, 2.45) is 4.99 Å². The minimum atomic E-state index is -0.476. The topological polar surface area (TPSA) is 45.2 Å². The summed E-state index contributed by atoms with van der Waals surface area (Å²) in [5, 5.41) is 0. The van der Waals surface area contributed by atoms with Crippen LogP contribution < -0.4 is 0 Å². The summed E-state index contributed by atoms with van der Waals surface area (Å²) < 4.78 is 0. The SMILES string of the molecule is Cc1c[nH]c(C)c1C(C)(C)N=C=O. The van der Waals surface area contributed by atoms with Gasteiger partial charge in [0.1, 0.15) is 0 Å². The van der Waals surface area contributed by atoms with Gasteiger partial charge >= 0.3 is 0 Å². The number of hydrogen-bond donors (Lipinski definition) is 1. The molecule has 3 heteroatoms. The molecule has 70 valence electrons. The van der Waals surface area contributed by atoms with E-state index in [9.17, 15) is 4.79 Å². The van der Waals surface area contributed by atoms with Crippen LogP contribution in [0.25, 0.3) is 0 Å². The first-order valence-corrected chi connectivity index (χ1v) is 4.23. The van der Waals surface area contributed by atoms with Crippen molar-refractivity contribution in [1.82, 2.24) is 4.98 Å². The monoisotopic (exact) mass is 178 g/mol. The Hall–Kier alpha value is -1.34. The number of aliphatic imine (C=N–C) groups is 1. The molecule has 0 amide bonds. The van der Waals surface area contributed by atoms with Gasteiger partial charge in [-0.05, 0) is 33.3 Å². The molecule has 0 bridgehead atoms. The number of nitrogens with zero attached hydrogens (tertiary/aromatic N) is 1. The van der Waals surface area contributed by atoms with Gasteiger partial charge in [-0.15, -0.1) is 0 Å². The summed E-state index contributed by atoms with van der Waals surface area (Å²) in [6, 6.07) is 0. The zero-order valence-electron chi connectivity index (χ0n) is 8.43. The predicted molar refractivity (Wildman–Crippen MR) is 51.4 cm³/mol. The van der Waals surface area contributed by atoms with Crippen LogP contribution in [0.4, 0.5) is 0 Å². The molecule has 0 aliphatic heterocycles. The highest BCUT2D eigenvalue weighted by atomic mass is 16.1. The third-order valence-electron chi connectivity index (χ3n) is 2.21. The summed E-state index contributed by atoms with van der Waals surface area (Å²) in [5.74, 6) is 0. The Morgan fingerprint density at radius 1 is 1.46 bits per heavy atom. The van der Waals surface area contributed by atoms with Crippen molar-refractivity contribution in [1.29, 1.82) is 0 Å². The molecule has 13 heavy (non-hydrogen) atoms. The van der Waals surface area contributed by atoms with Gasteiger partial charge in [-0.3, -0.25) is 0 Å². The fraction of sp³-hybridized carbons (Fsp3) is 0.500. The van der Waals surface area contributed by atoms with Gasteiger partial charge in [0.15, 0.2) is 0 Å². The van der Waals surface area contributed by atoms with E-state index in [4.69, 9.17) is 0 Å². The number of isocyanates is 1. The predicted octanol–water partition coefficient (Wildman–Crippen LogP) is 2.20. The van der Waals surface area contributed by atoms with Crippen LogP contribution >= 0.6 is 0 Å². The summed E-state index contributed by atoms with van der Waals surface area (Å²) in [7, 11) is 0. The average Bonchev–Trinajstić information content (AvgIpc) is 2.31. The summed E-state index contributed by atoms with van der Waals surface area (Å²) >= 11 is 0. The standard InChI is InChI=1S/C10H14N2O/c1-7-5-11-8(2)9(7)10(3,4)12-6-13/h5,11H,1-4H3. The number of nitrogens with one attached hydrogen (secondary N) is 1. The molecule has 1 rings (SSSR count). The second-order valence-corrected chi connectivity index (χ2v) is 3.73. The molecule has 0 saturated heterocycles. The third-order valence-corrected chi connectivity index (χ3v) is 2.21. The Morgan fingerprint density at radius 2 is 2.08 bits per heavy atom. The highest BCUT2D eigenvalue weighted by Crippen LogP contribution is 2.29. The van der Waals surface area contributed by atoms with Crippen LogP contribution in [-0.2, 0) is 10.3 Å². The minimum absolute atomic E-state index is 0.476. The fourth-order valence-corrected chi connectivity index (χ4v) is 1.77. The van der Waals surface area contributed by atoms with Crippen LogP contribution in [0, 0.1) is 13.8 Å². The molecule has 0 spiro atoms. The van der Waals surface area contributed by atoms with Crippen molar-refractivity contribution in [3.8, 4) is 0 Å². The Morgan fingerprint density at radius 3 is 2.46 bits per heavy atom. The van der Waals surface area contributed by atoms with Gasteiger partial charge in [0.25, 0.3) is 0 Å². The van der Waals surface area contributed by atoms with Crippen molar-refractivity contribution in [3.63, 3.8) is 0 Å². The van der Waals surface area contributed by atoms with Crippen LogP contribution in [-0.4, -0.2) is 11.1 Å². The quantitative estimate of drug-likeness (QED) is 0.547. The molecule has 0 aliphatic rings. The Bertz CT molecular complexity index is 338. The molecule has 0 fully saturated rings. The zero-order chi connectivity index (χ0) is 10.1. The molecule has 0 aliphatic carbocycles. The number of hydrogen-bond acceptors (Lipinski definition) is 2. The lowest BCUT2D eigenvalue weighted by Crippen LogP contribution is -2.15. The largest absolute Gasteiger partial charge is 0.365 e. The minimum Gasteiger partial charge on any atom is -0.365 e. The van der Waals surface area contributed by atoms with Crippen LogP contribution in [0.15, 0.2) is 11.2 Å². The maximum Gasteiger partial charge on any atom is 0.235 e. The molecule has 1 aromatic heterocycles. The van der Waals surface area contributed by atoms with E-state index in [0.717, 1.165) is 16.8 Å². The summed E-state index contributed by atoms with van der Waals surface area (Å²) in [6.07, 6.45) is 3.54. The fourth-order valence-electron chi connectivity index (χ4n) is 1.77. The normalized spacial score (nSPS) is 11.1. The van der Waals surface area contributed by atoms with E-state index in [1.165, 1.54) is 0 Å². The van der Waals surface area contributed by atoms with Crippen molar-refractivity contribution in [2.75, 3.05) is 0 Å². The summed E-state index contributed by atoms with van der Waals surface area (Å²) in [4.78, 5) is 17.1. The van der Waals surface area contributed by atoms with E-state index in [-0.39, 0.29) is 0 Å². The third kappa shape index (κ3) is 1.70. The van der Waals surface area contributed by atoms with Crippen LogP contribution in [0.3, 0.4) is 0 Å². The summed E-state index contributed by atoms with van der Waals surface area (Å²) in [5.41, 5.74) is 2.79.